The number of carbonyl (C=O) groups is 1. The first-order valence-corrected chi connectivity index (χ1v) is 7.18. The molecule has 1 rings (SSSR count). The lowest BCUT2D eigenvalue weighted by Crippen LogP contribution is -2.34. The fraction of sp³-hybridized carbons (Fsp3) is 0.471. The number of aliphatic hydroxyl groups is 1. The van der Waals surface area contributed by atoms with Gasteiger partial charge in [0.2, 0.25) is 0 Å². The van der Waals surface area contributed by atoms with Crippen molar-refractivity contribution in [3.8, 4) is 11.8 Å². The van der Waals surface area contributed by atoms with Crippen molar-refractivity contribution in [3.63, 3.8) is 0 Å². The lowest BCUT2D eigenvalue weighted by atomic mass is 10.1. The highest BCUT2D eigenvalue weighted by Gasteiger charge is 2.19. The van der Waals surface area contributed by atoms with Gasteiger partial charge in [-0.05, 0) is 31.0 Å². The van der Waals surface area contributed by atoms with Gasteiger partial charge < -0.3 is 10.0 Å². The molecule has 0 spiro atoms. The maximum absolute atomic E-state index is 13.9. The largest absolute Gasteiger partial charge is 0.395 e. The number of carbonyl (C=O) groups excluding carboxylic acids is 1. The number of aliphatic hydroxyl groups excluding tert-OH is 1. The summed E-state index contributed by atoms with van der Waals surface area (Å²) in [6, 6.07) is 4.28. The van der Waals surface area contributed by atoms with Gasteiger partial charge >= 0.3 is 0 Å². The first kappa shape index (κ1) is 17.2. The summed E-state index contributed by atoms with van der Waals surface area (Å²) in [5.41, 5.74) is 0.627. The second-order valence-electron chi connectivity index (χ2n) is 5.21. The molecule has 0 fully saturated rings. The molecule has 0 aliphatic rings. The number of hydrogen-bond acceptors (Lipinski definition) is 2. The van der Waals surface area contributed by atoms with E-state index in [1.165, 1.54) is 18.2 Å². The Hall–Kier alpha value is -1.86. The smallest absolute Gasteiger partial charge is 0.256 e. The van der Waals surface area contributed by atoms with Gasteiger partial charge in [-0.25, -0.2) is 4.39 Å². The van der Waals surface area contributed by atoms with Crippen molar-refractivity contribution in [1.29, 1.82) is 0 Å². The van der Waals surface area contributed by atoms with Crippen LogP contribution in [0, 0.1) is 23.6 Å². The molecule has 0 unspecified atom stereocenters. The van der Waals surface area contributed by atoms with E-state index in [4.69, 9.17) is 5.11 Å². The zero-order valence-corrected chi connectivity index (χ0v) is 12.8. The van der Waals surface area contributed by atoms with Gasteiger partial charge in [-0.1, -0.05) is 25.7 Å². The highest BCUT2D eigenvalue weighted by atomic mass is 19.1. The molecule has 1 N–H and O–H groups in total. The Balaban J connectivity index is 3.02. The Kier molecular flexibility index (Phi) is 6.90. The van der Waals surface area contributed by atoms with Crippen molar-refractivity contribution < 1.29 is 14.3 Å². The number of benzene rings is 1. The predicted molar refractivity (Wildman–Crippen MR) is 81.4 cm³/mol. The number of rotatable bonds is 5. The summed E-state index contributed by atoms with van der Waals surface area (Å²) in [5, 5.41) is 8.70. The quantitative estimate of drug-likeness (QED) is 0.847. The second kappa shape index (κ2) is 8.43. The zero-order chi connectivity index (χ0) is 15.8. The van der Waals surface area contributed by atoms with E-state index in [1.807, 2.05) is 20.8 Å². The van der Waals surface area contributed by atoms with Gasteiger partial charge in [0.25, 0.3) is 5.91 Å². The lowest BCUT2D eigenvalue weighted by Gasteiger charge is -2.23. The van der Waals surface area contributed by atoms with E-state index in [2.05, 4.69) is 11.8 Å². The average molecular weight is 291 g/mol. The molecule has 0 aliphatic carbocycles. The third-order valence-corrected chi connectivity index (χ3v) is 2.92. The van der Waals surface area contributed by atoms with E-state index < -0.39 is 5.82 Å². The third kappa shape index (κ3) is 5.20. The van der Waals surface area contributed by atoms with E-state index in [1.54, 1.807) is 4.90 Å². The van der Waals surface area contributed by atoms with Gasteiger partial charge in [-0.15, -0.1) is 0 Å². The monoisotopic (exact) mass is 291 g/mol. The van der Waals surface area contributed by atoms with Gasteiger partial charge in [-0.3, -0.25) is 4.79 Å². The minimum atomic E-state index is -0.532. The van der Waals surface area contributed by atoms with Crippen LogP contribution in [-0.4, -0.2) is 35.6 Å². The maximum atomic E-state index is 13.9. The summed E-state index contributed by atoms with van der Waals surface area (Å²) in [6.45, 7) is 7.03. The molecule has 0 atom stereocenters. The Morgan fingerprint density at radius 3 is 2.71 bits per heavy atom. The minimum Gasteiger partial charge on any atom is -0.395 e. The van der Waals surface area contributed by atoms with Crippen LogP contribution in [0.15, 0.2) is 18.2 Å². The summed E-state index contributed by atoms with van der Waals surface area (Å²) in [6.07, 6.45) is 0.356. The van der Waals surface area contributed by atoms with Crippen LogP contribution in [0.4, 0.5) is 4.39 Å². The first-order valence-electron chi connectivity index (χ1n) is 7.18. The lowest BCUT2D eigenvalue weighted by molar-refractivity contribution is 0.0741. The van der Waals surface area contributed by atoms with E-state index in [9.17, 15) is 9.18 Å². The first-order chi connectivity index (χ1) is 9.99. The van der Waals surface area contributed by atoms with Crippen molar-refractivity contribution in [2.24, 2.45) is 5.92 Å². The van der Waals surface area contributed by atoms with Crippen LogP contribution in [0.5, 0.6) is 0 Å². The molecule has 1 amide bonds. The molecule has 3 nitrogen and oxygen atoms in total. The number of hydrogen-bond donors (Lipinski definition) is 1. The predicted octanol–water partition coefficient (Wildman–Crippen LogP) is 2.68. The zero-order valence-electron chi connectivity index (χ0n) is 12.8. The normalized spacial score (nSPS) is 10.2. The standard InChI is InChI=1S/C17H22FNO2/c1-4-19(12-13(2)3)17(21)15-11-14(7-5-6-10-20)8-9-16(15)18/h8-9,11,13,20H,4,6,10,12H2,1-3H3. The Morgan fingerprint density at radius 1 is 1.43 bits per heavy atom. The SMILES string of the molecule is CCN(CC(C)C)C(=O)c1cc(C#CCCO)ccc1F. The molecule has 114 valence electrons. The molecule has 1 aromatic rings. The highest BCUT2D eigenvalue weighted by molar-refractivity contribution is 5.94. The third-order valence-electron chi connectivity index (χ3n) is 2.92. The van der Waals surface area contributed by atoms with Crippen molar-refractivity contribution in [2.45, 2.75) is 27.2 Å². The Morgan fingerprint density at radius 2 is 2.14 bits per heavy atom. The van der Waals surface area contributed by atoms with Gasteiger partial charge in [-0.2, -0.15) is 0 Å². The molecule has 0 saturated heterocycles. The van der Waals surface area contributed by atoms with E-state index >= 15 is 0 Å². The highest BCUT2D eigenvalue weighted by Crippen LogP contribution is 2.14. The van der Waals surface area contributed by atoms with Crippen LogP contribution >= 0.6 is 0 Å². The van der Waals surface area contributed by atoms with Gasteiger partial charge in [0.1, 0.15) is 5.82 Å². The molecule has 0 aromatic heterocycles. The Bertz CT molecular complexity index is 543. The van der Waals surface area contributed by atoms with Gasteiger partial charge in [0.15, 0.2) is 0 Å². The Labute approximate surface area is 125 Å². The molecule has 0 radical (unpaired) electrons. The van der Waals surface area contributed by atoms with Crippen molar-refractivity contribution in [2.75, 3.05) is 19.7 Å². The minimum absolute atomic E-state index is 0.0159. The summed E-state index contributed by atoms with van der Waals surface area (Å²) in [4.78, 5) is 14.0. The summed E-state index contributed by atoms with van der Waals surface area (Å²) < 4.78 is 13.9. The van der Waals surface area contributed by atoms with Crippen molar-refractivity contribution >= 4 is 5.91 Å². The molecular formula is C17H22FNO2. The second-order valence-corrected chi connectivity index (χ2v) is 5.21. The van der Waals surface area contributed by atoms with E-state index in [0.717, 1.165) is 0 Å². The summed E-state index contributed by atoms with van der Waals surface area (Å²) in [7, 11) is 0. The topological polar surface area (TPSA) is 40.5 Å². The van der Waals surface area contributed by atoms with Crippen LogP contribution in [-0.2, 0) is 0 Å². The van der Waals surface area contributed by atoms with Crippen LogP contribution in [0.2, 0.25) is 0 Å². The van der Waals surface area contributed by atoms with Gasteiger partial charge in [0, 0.05) is 25.1 Å². The number of amides is 1. The van der Waals surface area contributed by atoms with Crippen molar-refractivity contribution in [3.05, 3.63) is 35.1 Å². The molecule has 0 aliphatic heterocycles. The fourth-order valence-electron chi connectivity index (χ4n) is 1.95. The van der Waals surface area contributed by atoms with Gasteiger partial charge in [0.05, 0.1) is 12.2 Å². The van der Waals surface area contributed by atoms with Crippen LogP contribution in [0.1, 0.15) is 43.1 Å². The molecule has 0 saturated carbocycles. The molecule has 21 heavy (non-hydrogen) atoms. The average Bonchev–Trinajstić information content (AvgIpc) is 2.46. The maximum Gasteiger partial charge on any atom is 0.256 e. The van der Waals surface area contributed by atoms with Crippen LogP contribution in [0.25, 0.3) is 0 Å². The molecule has 0 heterocycles. The van der Waals surface area contributed by atoms with E-state index in [0.29, 0.717) is 31.0 Å². The fourth-order valence-corrected chi connectivity index (χ4v) is 1.95. The molecular weight excluding hydrogens is 269 g/mol. The summed E-state index contributed by atoms with van der Waals surface area (Å²) in [5.74, 6) is 5.06. The molecule has 0 bridgehead atoms. The number of nitrogens with zero attached hydrogens (tertiary/aromatic N) is 1. The molecule has 1 aromatic carbocycles. The van der Waals surface area contributed by atoms with Crippen LogP contribution in [0.3, 0.4) is 0 Å². The summed E-state index contributed by atoms with van der Waals surface area (Å²) >= 11 is 0. The molecule has 4 heteroatoms. The van der Waals surface area contributed by atoms with E-state index in [-0.39, 0.29) is 18.1 Å². The van der Waals surface area contributed by atoms with Crippen molar-refractivity contribution in [1.82, 2.24) is 4.90 Å². The number of halogens is 1. The van der Waals surface area contributed by atoms with Crippen LogP contribution < -0.4 is 0 Å².